The lowest BCUT2D eigenvalue weighted by Crippen LogP contribution is -2.42. The number of aryl methyl sites for hydroxylation is 1. The highest BCUT2D eigenvalue weighted by Gasteiger charge is 2.27. The predicted octanol–water partition coefficient (Wildman–Crippen LogP) is 2.41. The van der Waals surface area contributed by atoms with Gasteiger partial charge in [-0.25, -0.2) is 4.79 Å². The van der Waals surface area contributed by atoms with Crippen LogP contribution in [0.1, 0.15) is 18.4 Å². The van der Waals surface area contributed by atoms with Crippen LogP contribution in [0.3, 0.4) is 0 Å². The molecule has 0 aliphatic carbocycles. The summed E-state index contributed by atoms with van der Waals surface area (Å²) in [6.07, 6.45) is 1.32. The van der Waals surface area contributed by atoms with E-state index in [1.54, 1.807) is 4.90 Å². The van der Waals surface area contributed by atoms with Crippen LogP contribution in [0.4, 0.5) is 10.5 Å². The predicted molar refractivity (Wildman–Crippen MR) is 76.5 cm³/mol. The van der Waals surface area contributed by atoms with Crippen molar-refractivity contribution in [1.82, 2.24) is 4.90 Å². The molecule has 5 nitrogen and oxygen atoms in total. The van der Waals surface area contributed by atoms with Crippen LogP contribution in [0.15, 0.2) is 24.3 Å². The summed E-state index contributed by atoms with van der Waals surface area (Å²) in [5.41, 5.74) is 1.90. The molecule has 1 aromatic rings. The van der Waals surface area contributed by atoms with Gasteiger partial charge in [0, 0.05) is 18.8 Å². The summed E-state index contributed by atoms with van der Waals surface area (Å²) in [5, 5.41) is 2.88. The molecule has 0 aromatic heterocycles. The van der Waals surface area contributed by atoms with Crippen LogP contribution < -0.4 is 5.32 Å². The standard InChI is InChI=1S/C15H20N2O3/c1-11-4-3-5-13(10-11)16-15(19)17-8-6-12(7-9-17)14(18)20-2/h3-5,10,12H,6-9H2,1-2H3,(H,16,19). The van der Waals surface area contributed by atoms with Gasteiger partial charge in [-0.05, 0) is 37.5 Å². The number of piperidine rings is 1. The van der Waals surface area contributed by atoms with E-state index >= 15 is 0 Å². The van der Waals surface area contributed by atoms with Gasteiger partial charge in [0.1, 0.15) is 0 Å². The minimum atomic E-state index is -0.177. The number of nitrogens with zero attached hydrogens (tertiary/aromatic N) is 1. The second-order valence-corrected chi connectivity index (χ2v) is 5.08. The monoisotopic (exact) mass is 276 g/mol. The summed E-state index contributed by atoms with van der Waals surface area (Å²) in [7, 11) is 1.40. The van der Waals surface area contributed by atoms with E-state index < -0.39 is 0 Å². The first-order chi connectivity index (χ1) is 9.60. The largest absolute Gasteiger partial charge is 0.469 e. The Hall–Kier alpha value is -2.04. The quantitative estimate of drug-likeness (QED) is 0.844. The number of rotatable bonds is 2. The molecule has 108 valence electrons. The number of carbonyl (C=O) groups is 2. The second-order valence-electron chi connectivity index (χ2n) is 5.08. The zero-order valence-electron chi connectivity index (χ0n) is 11.9. The van der Waals surface area contributed by atoms with Crippen LogP contribution in [0.5, 0.6) is 0 Å². The zero-order valence-corrected chi connectivity index (χ0v) is 11.9. The Morgan fingerprint density at radius 2 is 2.00 bits per heavy atom. The number of anilines is 1. The molecular weight excluding hydrogens is 256 g/mol. The summed E-state index contributed by atoms with van der Waals surface area (Å²) in [6, 6.07) is 7.58. The van der Waals surface area contributed by atoms with Crippen molar-refractivity contribution in [2.75, 3.05) is 25.5 Å². The molecule has 1 aromatic carbocycles. The Kier molecular flexibility index (Phi) is 4.61. The number of amides is 2. The van der Waals surface area contributed by atoms with Crippen LogP contribution in [-0.4, -0.2) is 37.1 Å². The van der Waals surface area contributed by atoms with Crippen molar-refractivity contribution < 1.29 is 14.3 Å². The Morgan fingerprint density at radius 3 is 2.60 bits per heavy atom. The molecule has 1 saturated heterocycles. The summed E-state index contributed by atoms with van der Waals surface area (Å²) >= 11 is 0. The van der Waals surface area contributed by atoms with Gasteiger partial charge in [-0.3, -0.25) is 4.79 Å². The molecule has 5 heteroatoms. The van der Waals surface area contributed by atoms with E-state index in [0.29, 0.717) is 25.9 Å². The van der Waals surface area contributed by atoms with E-state index in [-0.39, 0.29) is 17.9 Å². The van der Waals surface area contributed by atoms with E-state index in [9.17, 15) is 9.59 Å². The lowest BCUT2D eigenvalue weighted by atomic mass is 9.97. The molecule has 0 spiro atoms. The highest BCUT2D eigenvalue weighted by Crippen LogP contribution is 2.19. The SMILES string of the molecule is COC(=O)C1CCN(C(=O)Nc2cccc(C)c2)CC1. The first-order valence-electron chi connectivity index (χ1n) is 6.80. The maximum Gasteiger partial charge on any atom is 0.321 e. The van der Waals surface area contributed by atoms with Crippen molar-refractivity contribution in [1.29, 1.82) is 0 Å². The van der Waals surface area contributed by atoms with Crippen LogP contribution in [0.25, 0.3) is 0 Å². The van der Waals surface area contributed by atoms with E-state index in [1.807, 2.05) is 31.2 Å². The lowest BCUT2D eigenvalue weighted by molar-refractivity contribution is -0.146. The topological polar surface area (TPSA) is 58.6 Å². The molecule has 1 heterocycles. The van der Waals surface area contributed by atoms with Gasteiger partial charge in [0.05, 0.1) is 13.0 Å². The van der Waals surface area contributed by atoms with Crippen molar-refractivity contribution in [3.8, 4) is 0 Å². The van der Waals surface area contributed by atoms with Crippen LogP contribution >= 0.6 is 0 Å². The number of carbonyl (C=O) groups excluding carboxylic acids is 2. The lowest BCUT2D eigenvalue weighted by Gasteiger charge is -2.30. The molecule has 1 N–H and O–H groups in total. The molecule has 0 radical (unpaired) electrons. The molecular formula is C15H20N2O3. The van der Waals surface area contributed by atoms with Gasteiger partial charge in [0.15, 0.2) is 0 Å². The number of nitrogens with one attached hydrogen (secondary N) is 1. The van der Waals surface area contributed by atoms with Gasteiger partial charge < -0.3 is 15.0 Å². The third-order valence-electron chi connectivity index (χ3n) is 3.59. The van der Waals surface area contributed by atoms with Gasteiger partial charge in [-0.2, -0.15) is 0 Å². The van der Waals surface area contributed by atoms with Crippen molar-refractivity contribution >= 4 is 17.7 Å². The maximum atomic E-state index is 12.1. The van der Waals surface area contributed by atoms with E-state index in [0.717, 1.165) is 11.3 Å². The van der Waals surface area contributed by atoms with Crippen LogP contribution in [0.2, 0.25) is 0 Å². The Bertz CT molecular complexity index is 494. The molecule has 0 bridgehead atoms. The van der Waals surface area contributed by atoms with Crippen LogP contribution in [-0.2, 0) is 9.53 Å². The van der Waals surface area contributed by atoms with Gasteiger partial charge in [-0.15, -0.1) is 0 Å². The van der Waals surface area contributed by atoms with Crippen molar-refractivity contribution in [2.24, 2.45) is 5.92 Å². The van der Waals surface area contributed by atoms with Crippen molar-refractivity contribution in [2.45, 2.75) is 19.8 Å². The van der Waals surface area contributed by atoms with Crippen LogP contribution in [0, 0.1) is 12.8 Å². The number of benzene rings is 1. The van der Waals surface area contributed by atoms with Crippen molar-refractivity contribution in [3.63, 3.8) is 0 Å². The highest BCUT2D eigenvalue weighted by atomic mass is 16.5. The smallest absolute Gasteiger partial charge is 0.321 e. The number of hydrogen-bond donors (Lipinski definition) is 1. The summed E-state index contributed by atoms with van der Waals surface area (Å²) in [6.45, 7) is 3.15. The van der Waals surface area contributed by atoms with E-state index in [1.165, 1.54) is 7.11 Å². The molecule has 0 atom stereocenters. The normalized spacial score (nSPS) is 15.8. The van der Waals surface area contributed by atoms with Crippen molar-refractivity contribution in [3.05, 3.63) is 29.8 Å². The summed E-state index contributed by atoms with van der Waals surface area (Å²) in [5.74, 6) is -0.258. The fourth-order valence-electron chi connectivity index (χ4n) is 2.41. The first-order valence-corrected chi connectivity index (χ1v) is 6.80. The number of esters is 1. The number of ether oxygens (including phenoxy) is 1. The molecule has 1 fully saturated rings. The molecule has 2 rings (SSSR count). The average molecular weight is 276 g/mol. The second kappa shape index (κ2) is 6.41. The molecule has 0 unspecified atom stereocenters. The molecule has 1 aliphatic rings. The van der Waals surface area contributed by atoms with E-state index in [2.05, 4.69) is 5.32 Å². The van der Waals surface area contributed by atoms with Gasteiger partial charge in [-0.1, -0.05) is 12.1 Å². The number of methoxy groups -OCH3 is 1. The maximum absolute atomic E-state index is 12.1. The fourth-order valence-corrected chi connectivity index (χ4v) is 2.41. The number of urea groups is 1. The highest BCUT2D eigenvalue weighted by molar-refractivity contribution is 5.89. The summed E-state index contributed by atoms with van der Waals surface area (Å²) in [4.78, 5) is 25.3. The first kappa shape index (κ1) is 14.4. The molecule has 2 amide bonds. The number of likely N-dealkylation sites (tertiary alicyclic amines) is 1. The molecule has 20 heavy (non-hydrogen) atoms. The Balaban J connectivity index is 1.87. The average Bonchev–Trinajstić information content (AvgIpc) is 2.46. The minimum Gasteiger partial charge on any atom is -0.469 e. The van der Waals surface area contributed by atoms with E-state index in [4.69, 9.17) is 4.74 Å². The third-order valence-corrected chi connectivity index (χ3v) is 3.59. The third kappa shape index (κ3) is 3.50. The minimum absolute atomic E-state index is 0.0805. The van der Waals surface area contributed by atoms with Gasteiger partial charge >= 0.3 is 12.0 Å². The molecule has 1 aliphatic heterocycles. The zero-order chi connectivity index (χ0) is 14.5. The number of hydrogen-bond acceptors (Lipinski definition) is 3. The fraction of sp³-hybridized carbons (Fsp3) is 0.467. The summed E-state index contributed by atoms with van der Waals surface area (Å²) < 4.78 is 4.74. The Labute approximate surface area is 118 Å². The van der Waals surface area contributed by atoms with Gasteiger partial charge in [0.25, 0.3) is 0 Å². The molecule has 0 saturated carbocycles. The van der Waals surface area contributed by atoms with Gasteiger partial charge in [0.2, 0.25) is 0 Å². The Morgan fingerprint density at radius 1 is 1.30 bits per heavy atom.